The monoisotopic (exact) mass is 369 g/mol. The molecular weight excluding hydrogens is 346 g/mol. The van der Waals surface area contributed by atoms with Crippen LogP contribution in [0.4, 0.5) is 4.79 Å². The van der Waals surface area contributed by atoms with Crippen LogP contribution in [0.1, 0.15) is 37.1 Å². The number of carbonyl (C=O) groups excluding carboxylic acids is 2. The predicted molar refractivity (Wildman–Crippen MR) is 95.5 cm³/mol. The van der Waals surface area contributed by atoms with Crippen molar-refractivity contribution in [3.63, 3.8) is 0 Å². The Balaban J connectivity index is 1.55. The number of cyclic esters (lactones) is 1. The fourth-order valence-corrected chi connectivity index (χ4v) is 4.23. The van der Waals surface area contributed by atoms with E-state index in [0.717, 1.165) is 31.2 Å². The van der Waals surface area contributed by atoms with Crippen molar-refractivity contribution in [2.45, 2.75) is 44.6 Å². The number of nitrogens with one attached hydrogen (secondary N) is 1. The van der Waals surface area contributed by atoms with Gasteiger partial charge in [-0.2, -0.15) is 0 Å². The molecule has 0 unspecified atom stereocenters. The number of hydrogen-bond acceptors (Lipinski definition) is 6. The molecule has 2 fully saturated rings. The van der Waals surface area contributed by atoms with Crippen LogP contribution in [0.25, 0.3) is 0 Å². The number of tetrazole rings is 1. The third-order valence-electron chi connectivity index (χ3n) is 5.60. The van der Waals surface area contributed by atoms with Gasteiger partial charge >= 0.3 is 6.09 Å². The highest BCUT2D eigenvalue weighted by Gasteiger charge is 2.43. The number of aromatic nitrogens is 4. The van der Waals surface area contributed by atoms with Crippen LogP contribution >= 0.6 is 0 Å². The highest BCUT2D eigenvalue weighted by molar-refractivity contribution is 5.95. The Hall–Kier alpha value is -2.77. The number of ether oxygens (including phenoxy) is 1. The van der Waals surface area contributed by atoms with Crippen molar-refractivity contribution in [2.24, 2.45) is 11.8 Å². The SMILES string of the molecule is O=C1OC[C@@H](Cc2ccccc2)N1C(=O)[C@H](Cc1nnn[nH]1)C1CCCC1. The first kappa shape index (κ1) is 17.6. The largest absolute Gasteiger partial charge is 0.447 e. The zero-order chi connectivity index (χ0) is 18.6. The lowest BCUT2D eigenvalue weighted by atomic mass is 9.86. The number of benzene rings is 1. The average molecular weight is 369 g/mol. The minimum atomic E-state index is -0.542. The molecule has 8 nitrogen and oxygen atoms in total. The van der Waals surface area contributed by atoms with E-state index < -0.39 is 6.09 Å². The number of amides is 2. The molecule has 2 amide bonds. The van der Waals surface area contributed by atoms with Gasteiger partial charge in [0.2, 0.25) is 5.91 Å². The van der Waals surface area contributed by atoms with Gasteiger partial charge < -0.3 is 4.74 Å². The van der Waals surface area contributed by atoms with Gasteiger partial charge in [-0.3, -0.25) is 4.79 Å². The second-order valence-electron chi connectivity index (χ2n) is 7.33. The Kier molecular flexibility index (Phi) is 5.13. The first-order valence-electron chi connectivity index (χ1n) is 9.48. The summed E-state index contributed by atoms with van der Waals surface area (Å²) in [7, 11) is 0. The van der Waals surface area contributed by atoms with Crippen molar-refractivity contribution in [1.82, 2.24) is 25.5 Å². The fraction of sp³-hybridized carbons (Fsp3) is 0.526. The van der Waals surface area contributed by atoms with Crippen LogP contribution in [0.2, 0.25) is 0 Å². The van der Waals surface area contributed by atoms with E-state index in [9.17, 15) is 9.59 Å². The van der Waals surface area contributed by atoms with Crippen LogP contribution in [0.5, 0.6) is 0 Å². The third-order valence-corrected chi connectivity index (χ3v) is 5.60. The molecule has 1 aromatic carbocycles. The maximum Gasteiger partial charge on any atom is 0.416 e. The number of imide groups is 1. The van der Waals surface area contributed by atoms with E-state index in [0.29, 0.717) is 18.7 Å². The van der Waals surface area contributed by atoms with Crippen LogP contribution in [0, 0.1) is 11.8 Å². The van der Waals surface area contributed by atoms with Crippen molar-refractivity contribution < 1.29 is 14.3 Å². The van der Waals surface area contributed by atoms with Crippen LogP contribution < -0.4 is 0 Å². The maximum atomic E-state index is 13.4. The van der Waals surface area contributed by atoms with Crippen molar-refractivity contribution in [3.8, 4) is 0 Å². The van der Waals surface area contributed by atoms with Crippen molar-refractivity contribution >= 4 is 12.0 Å². The van der Waals surface area contributed by atoms with Gasteiger partial charge in [0, 0.05) is 12.3 Å². The van der Waals surface area contributed by atoms with Gasteiger partial charge in [-0.1, -0.05) is 43.2 Å². The summed E-state index contributed by atoms with van der Waals surface area (Å²) >= 11 is 0. The number of hydrogen-bond donors (Lipinski definition) is 1. The van der Waals surface area contributed by atoms with Crippen molar-refractivity contribution in [2.75, 3.05) is 6.61 Å². The summed E-state index contributed by atoms with van der Waals surface area (Å²) in [6.07, 6.45) is 4.67. The predicted octanol–water partition coefficient (Wildman–Crippen LogP) is 2.14. The lowest BCUT2D eigenvalue weighted by Crippen LogP contribution is -2.45. The maximum absolute atomic E-state index is 13.4. The Labute approximate surface area is 157 Å². The van der Waals surface area contributed by atoms with E-state index in [1.54, 1.807) is 0 Å². The van der Waals surface area contributed by atoms with Crippen LogP contribution in [0.3, 0.4) is 0 Å². The molecule has 142 valence electrons. The Morgan fingerprint density at radius 2 is 2.04 bits per heavy atom. The lowest BCUT2D eigenvalue weighted by molar-refractivity contribution is -0.135. The molecule has 1 saturated heterocycles. The third kappa shape index (κ3) is 3.84. The molecule has 8 heteroatoms. The number of carbonyl (C=O) groups is 2. The first-order valence-corrected chi connectivity index (χ1v) is 9.48. The summed E-state index contributed by atoms with van der Waals surface area (Å²) in [5.41, 5.74) is 1.08. The summed E-state index contributed by atoms with van der Waals surface area (Å²) in [5.74, 6) is 0.341. The smallest absolute Gasteiger partial charge is 0.416 e. The molecule has 2 aliphatic rings. The molecule has 0 bridgehead atoms. The van der Waals surface area contributed by atoms with E-state index >= 15 is 0 Å². The van der Waals surface area contributed by atoms with E-state index in [-0.39, 0.29) is 30.4 Å². The standard InChI is InChI=1S/C19H23N5O3/c25-18(16(14-8-4-5-9-14)11-17-20-22-23-21-17)24-15(12-27-19(24)26)10-13-6-2-1-3-7-13/h1-3,6-7,14-16H,4-5,8-12H2,(H,20,21,22,23)/t15-,16-/m1/s1. The number of H-pyrrole nitrogens is 1. The van der Waals surface area contributed by atoms with Gasteiger partial charge in [0.1, 0.15) is 12.4 Å². The molecule has 4 rings (SSSR count). The summed E-state index contributed by atoms with van der Waals surface area (Å²) < 4.78 is 5.24. The van der Waals surface area contributed by atoms with Gasteiger partial charge in [-0.05, 0) is 41.2 Å². The molecule has 1 saturated carbocycles. The average Bonchev–Trinajstić information content (AvgIpc) is 3.43. The topological polar surface area (TPSA) is 101 Å². The second-order valence-corrected chi connectivity index (χ2v) is 7.33. The zero-order valence-corrected chi connectivity index (χ0v) is 15.1. The van der Waals surface area contributed by atoms with E-state index in [4.69, 9.17) is 4.74 Å². The normalized spacial score (nSPS) is 21.4. The highest BCUT2D eigenvalue weighted by Crippen LogP contribution is 2.35. The van der Waals surface area contributed by atoms with Crippen LogP contribution in [-0.4, -0.2) is 50.2 Å². The summed E-state index contributed by atoms with van der Waals surface area (Å²) in [5, 5.41) is 13.9. The summed E-state index contributed by atoms with van der Waals surface area (Å²) in [4.78, 5) is 27.1. The Bertz CT molecular complexity index is 774. The molecule has 1 aromatic heterocycles. The first-order chi connectivity index (χ1) is 13.2. The molecule has 27 heavy (non-hydrogen) atoms. The summed E-state index contributed by atoms with van der Waals surface area (Å²) in [6, 6.07) is 9.59. The van der Waals surface area contributed by atoms with Gasteiger partial charge in [-0.25, -0.2) is 14.8 Å². The van der Waals surface area contributed by atoms with Gasteiger partial charge in [0.05, 0.1) is 6.04 Å². The molecular formula is C19H23N5O3. The summed E-state index contributed by atoms with van der Waals surface area (Å²) in [6.45, 7) is 0.237. The number of rotatable bonds is 6. The fourth-order valence-electron chi connectivity index (χ4n) is 4.23. The molecule has 0 radical (unpaired) electrons. The van der Waals surface area contributed by atoms with Gasteiger partial charge in [0.25, 0.3) is 0 Å². The molecule has 1 aliphatic heterocycles. The van der Waals surface area contributed by atoms with Gasteiger partial charge in [-0.15, -0.1) is 5.10 Å². The quantitative estimate of drug-likeness (QED) is 0.837. The second kappa shape index (κ2) is 7.85. The molecule has 1 aliphatic carbocycles. The van der Waals surface area contributed by atoms with Crippen molar-refractivity contribution in [3.05, 3.63) is 41.7 Å². The van der Waals surface area contributed by atoms with Gasteiger partial charge in [0.15, 0.2) is 0 Å². The highest BCUT2D eigenvalue weighted by atomic mass is 16.6. The Morgan fingerprint density at radius 1 is 1.26 bits per heavy atom. The molecule has 2 aromatic rings. The zero-order valence-electron chi connectivity index (χ0n) is 15.1. The molecule has 1 N–H and O–H groups in total. The minimum Gasteiger partial charge on any atom is -0.447 e. The van der Waals surface area contributed by atoms with Crippen LogP contribution in [-0.2, 0) is 22.4 Å². The number of aromatic amines is 1. The van der Waals surface area contributed by atoms with E-state index in [1.807, 2.05) is 30.3 Å². The Morgan fingerprint density at radius 3 is 2.74 bits per heavy atom. The lowest BCUT2D eigenvalue weighted by Gasteiger charge is -2.28. The molecule has 0 spiro atoms. The minimum absolute atomic E-state index is 0.165. The molecule has 2 atom stereocenters. The van der Waals surface area contributed by atoms with E-state index in [1.165, 1.54) is 4.90 Å². The molecule has 2 heterocycles. The number of nitrogens with zero attached hydrogens (tertiary/aromatic N) is 4. The van der Waals surface area contributed by atoms with Crippen molar-refractivity contribution in [1.29, 1.82) is 0 Å². The van der Waals surface area contributed by atoms with Crippen LogP contribution in [0.15, 0.2) is 30.3 Å². The van der Waals surface area contributed by atoms with E-state index in [2.05, 4.69) is 20.6 Å².